The van der Waals surface area contributed by atoms with Gasteiger partial charge >= 0.3 is 0 Å². The molecule has 0 atom stereocenters. The fraction of sp³-hybridized carbons (Fsp3) is 0.100. The van der Waals surface area contributed by atoms with Crippen molar-refractivity contribution in [1.29, 1.82) is 0 Å². The summed E-state index contributed by atoms with van der Waals surface area (Å²) in [5.41, 5.74) is 0.478. The molecule has 0 aromatic carbocycles. The van der Waals surface area contributed by atoms with Crippen molar-refractivity contribution in [2.24, 2.45) is 0 Å². The van der Waals surface area contributed by atoms with Gasteiger partial charge in [0.2, 0.25) is 0 Å². The van der Waals surface area contributed by atoms with E-state index in [1.165, 1.54) is 18.6 Å². The number of aryl methyl sites for hydroxylation is 1. The van der Waals surface area contributed by atoms with E-state index in [4.69, 9.17) is 0 Å². The smallest absolute Gasteiger partial charge is 0.251 e. The van der Waals surface area contributed by atoms with Gasteiger partial charge in [0, 0.05) is 12.3 Å². The number of nitrogens with one attached hydrogen (secondary N) is 1. The molecule has 15 heavy (non-hydrogen) atoms. The van der Waals surface area contributed by atoms with Crippen LogP contribution in [0.3, 0.4) is 0 Å². The summed E-state index contributed by atoms with van der Waals surface area (Å²) in [6.07, 6.45) is 2.71. The van der Waals surface area contributed by atoms with E-state index in [9.17, 15) is 9.18 Å². The van der Waals surface area contributed by atoms with Gasteiger partial charge in [-0.1, -0.05) is 0 Å². The van der Waals surface area contributed by atoms with Crippen LogP contribution in [0.25, 0.3) is 11.4 Å². The maximum atomic E-state index is 13.6. The van der Waals surface area contributed by atoms with Crippen molar-refractivity contribution in [2.45, 2.75) is 6.92 Å². The average Bonchev–Trinajstić information content (AvgIpc) is 2.22. The molecular weight excluding hydrogens is 197 g/mol. The van der Waals surface area contributed by atoms with Crippen LogP contribution >= 0.6 is 0 Å². The van der Waals surface area contributed by atoms with Crippen molar-refractivity contribution in [3.63, 3.8) is 0 Å². The first-order valence-electron chi connectivity index (χ1n) is 4.34. The van der Waals surface area contributed by atoms with E-state index in [1.54, 1.807) is 13.0 Å². The molecule has 2 heterocycles. The topological polar surface area (TPSA) is 58.6 Å². The first-order valence-corrected chi connectivity index (χ1v) is 4.34. The number of nitrogens with zero attached hydrogens (tertiary/aromatic N) is 2. The van der Waals surface area contributed by atoms with E-state index in [1.807, 2.05) is 0 Å². The van der Waals surface area contributed by atoms with Crippen LogP contribution in [0.15, 0.2) is 29.5 Å². The van der Waals surface area contributed by atoms with Crippen molar-refractivity contribution in [2.75, 3.05) is 0 Å². The number of halogens is 1. The normalized spacial score (nSPS) is 10.3. The third kappa shape index (κ3) is 1.76. The summed E-state index contributed by atoms with van der Waals surface area (Å²) in [6, 6.07) is 2.77. The highest BCUT2D eigenvalue weighted by atomic mass is 19.1. The Hall–Kier alpha value is -2.04. The molecule has 0 aliphatic carbocycles. The minimum Gasteiger partial charge on any atom is -0.313 e. The average molecular weight is 205 g/mol. The van der Waals surface area contributed by atoms with E-state index in [2.05, 4.69) is 15.0 Å². The molecule has 0 unspecified atom stereocenters. The minimum absolute atomic E-state index is 0.0982. The molecule has 0 spiro atoms. The monoisotopic (exact) mass is 205 g/mol. The largest absolute Gasteiger partial charge is 0.313 e. The SMILES string of the molecule is Cc1ccnc(-c2cc(=O)[nH]cn2)c1F. The summed E-state index contributed by atoms with van der Waals surface area (Å²) >= 11 is 0. The lowest BCUT2D eigenvalue weighted by Gasteiger charge is -2.02. The third-order valence-corrected chi connectivity index (χ3v) is 2.00. The Kier molecular flexibility index (Phi) is 2.29. The van der Waals surface area contributed by atoms with Crippen LogP contribution in [0.1, 0.15) is 5.56 Å². The Morgan fingerprint density at radius 2 is 2.20 bits per heavy atom. The Labute approximate surface area is 84.8 Å². The van der Waals surface area contributed by atoms with Gasteiger partial charge in [0.25, 0.3) is 5.56 Å². The molecule has 2 aromatic heterocycles. The predicted octanol–water partition coefficient (Wildman–Crippen LogP) is 1.28. The molecular formula is C10H8FN3O. The molecule has 0 saturated heterocycles. The fourth-order valence-corrected chi connectivity index (χ4v) is 1.22. The second-order valence-electron chi connectivity index (χ2n) is 3.09. The highest BCUT2D eigenvalue weighted by molar-refractivity contribution is 5.54. The molecule has 4 nitrogen and oxygen atoms in total. The lowest BCUT2D eigenvalue weighted by Crippen LogP contribution is -2.06. The van der Waals surface area contributed by atoms with Crippen LogP contribution < -0.4 is 5.56 Å². The van der Waals surface area contributed by atoms with Gasteiger partial charge in [-0.25, -0.2) is 9.37 Å². The molecule has 0 aliphatic heterocycles. The van der Waals surface area contributed by atoms with Gasteiger partial charge in [-0.15, -0.1) is 0 Å². The van der Waals surface area contributed by atoms with Crippen LogP contribution in [0, 0.1) is 12.7 Å². The second kappa shape index (κ2) is 3.61. The van der Waals surface area contributed by atoms with Crippen molar-refractivity contribution in [3.05, 3.63) is 46.4 Å². The number of aromatic amines is 1. The molecule has 0 amide bonds. The molecule has 2 rings (SSSR count). The molecule has 0 fully saturated rings. The van der Waals surface area contributed by atoms with E-state index in [-0.39, 0.29) is 16.9 Å². The van der Waals surface area contributed by atoms with Crippen LogP contribution in [-0.2, 0) is 0 Å². The summed E-state index contributed by atoms with van der Waals surface area (Å²) < 4.78 is 13.6. The zero-order valence-electron chi connectivity index (χ0n) is 7.99. The van der Waals surface area contributed by atoms with Crippen molar-refractivity contribution in [1.82, 2.24) is 15.0 Å². The second-order valence-corrected chi connectivity index (χ2v) is 3.09. The third-order valence-electron chi connectivity index (χ3n) is 2.00. The van der Waals surface area contributed by atoms with Crippen LogP contribution in [-0.4, -0.2) is 15.0 Å². The number of rotatable bonds is 1. The lowest BCUT2D eigenvalue weighted by molar-refractivity contribution is 0.615. The molecule has 0 saturated carbocycles. The molecule has 0 bridgehead atoms. The van der Waals surface area contributed by atoms with Gasteiger partial charge < -0.3 is 4.98 Å². The number of hydrogen-bond acceptors (Lipinski definition) is 3. The molecule has 0 radical (unpaired) electrons. The Bertz CT molecular complexity index is 550. The van der Waals surface area contributed by atoms with E-state index < -0.39 is 5.82 Å². The predicted molar refractivity (Wildman–Crippen MR) is 52.8 cm³/mol. The highest BCUT2D eigenvalue weighted by Crippen LogP contribution is 2.18. The maximum absolute atomic E-state index is 13.6. The van der Waals surface area contributed by atoms with Gasteiger partial charge in [-0.2, -0.15) is 0 Å². The van der Waals surface area contributed by atoms with Crippen LogP contribution in [0.4, 0.5) is 4.39 Å². The molecule has 1 N–H and O–H groups in total. The molecule has 76 valence electrons. The summed E-state index contributed by atoms with van der Waals surface area (Å²) in [6.45, 7) is 1.63. The summed E-state index contributed by atoms with van der Waals surface area (Å²) in [5, 5.41) is 0. The quantitative estimate of drug-likeness (QED) is 0.762. The highest BCUT2D eigenvalue weighted by Gasteiger charge is 2.09. The Morgan fingerprint density at radius 1 is 1.40 bits per heavy atom. The number of H-pyrrole nitrogens is 1. The summed E-state index contributed by atoms with van der Waals surface area (Å²) in [5.74, 6) is -0.449. The molecule has 0 aliphatic rings. The minimum atomic E-state index is -0.449. The van der Waals surface area contributed by atoms with Crippen molar-refractivity contribution >= 4 is 0 Å². The van der Waals surface area contributed by atoms with E-state index in [0.29, 0.717) is 5.56 Å². The van der Waals surface area contributed by atoms with Gasteiger partial charge in [0.15, 0.2) is 5.82 Å². The van der Waals surface area contributed by atoms with Crippen LogP contribution in [0.5, 0.6) is 0 Å². The zero-order valence-corrected chi connectivity index (χ0v) is 7.99. The number of aromatic nitrogens is 3. The fourth-order valence-electron chi connectivity index (χ4n) is 1.22. The van der Waals surface area contributed by atoms with E-state index >= 15 is 0 Å². The Balaban J connectivity index is 2.64. The lowest BCUT2D eigenvalue weighted by atomic mass is 10.2. The number of pyridine rings is 1. The van der Waals surface area contributed by atoms with Gasteiger partial charge in [-0.05, 0) is 18.6 Å². The first kappa shape index (κ1) is 9.51. The molecule has 2 aromatic rings. The first-order chi connectivity index (χ1) is 7.18. The van der Waals surface area contributed by atoms with Crippen molar-refractivity contribution < 1.29 is 4.39 Å². The maximum Gasteiger partial charge on any atom is 0.251 e. The van der Waals surface area contributed by atoms with Gasteiger partial charge in [0.05, 0.1) is 12.0 Å². The van der Waals surface area contributed by atoms with Crippen molar-refractivity contribution in [3.8, 4) is 11.4 Å². The van der Waals surface area contributed by atoms with Gasteiger partial charge in [-0.3, -0.25) is 9.78 Å². The standard InChI is InChI=1S/C10H8FN3O/c1-6-2-3-12-10(9(6)11)7-4-8(15)14-5-13-7/h2-5H,1H3,(H,13,14,15). The van der Waals surface area contributed by atoms with Gasteiger partial charge in [0.1, 0.15) is 5.69 Å². The number of hydrogen-bond donors (Lipinski definition) is 1. The van der Waals surface area contributed by atoms with Crippen LogP contribution in [0.2, 0.25) is 0 Å². The Morgan fingerprint density at radius 3 is 2.93 bits per heavy atom. The summed E-state index contributed by atoms with van der Waals surface area (Å²) in [4.78, 5) is 21.1. The van der Waals surface area contributed by atoms with E-state index in [0.717, 1.165) is 0 Å². The summed E-state index contributed by atoms with van der Waals surface area (Å²) in [7, 11) is 0. The molecule has 5 heteroatoms. The zero-order chi connectivity index (χ0) is 10.8.